The van der Waals surface area contributed by atoms with Crippen molar-refractivity contribution in [3.63, 3.8) is 0 Å². The molecule has 0 radical (unpaired) electrons. The van der Waals surface area contributed by atoms with Gasteiger partial charge in [0, 0.05) is 11.0 Å². The number of nitrogens with zero attached hydrogens (tertiary/aromatic N) is 1. The Morgan fingerprint density at radius 3 is 2.37 bits per heavy atom. The van der Waals surface area contributed by atoms with E-state index in [0.717, 1.165) is 12.2 Å². The second-order valence-electron chi connectivity index (χ2n) is 5.52. The highest BCUT2D eigenvalue weighted by Crippen LogP contribution is 2.25. The summed E-state index contributed by atoms with van der Waals surface area (Å²) in [5, 5.41) is 12.7. The number of hydrogen-bond donors (Lipinski definition) is 1. The number of benzene rings is 1. The van der Waals surface area contributed by atoms with E-state index in [1.54, 1.807) is 0 Å². The third kappa shape index (κ3) is 5.26. The molecule has 0 aliphatic rings. The predicted molar refractivity (Wildman–Crippen MR) is 84.4 cm³/mol. The van der Waals surface area contributed by atoms with Crippen LogP contribution in [0.15, 0.2) is 18.2 Å². The molecule has 0 fully saturated rings. The van der Waals surface area contributed by atoms with Crippen LogP contribution in [0.2, 0.25) is 0 Å². The predicted octanol–water partition coefficient (Wildman–Crippen LogP) is 3.82. The zero-order valence-electron chi connectivity index (χ0n) is 12.6. The Balaban J connectivity index is 2.55. The molecule has 0 saturated heterocycles. The van der Waals surface area contributed by atoms with Crippen LogP contribution in [0.5, 0.6) is 0 Å². The van der Waals surface area contributed by atoms with Crippen LogP contribution in [0.1, 0.15) is 37.0 Å². The minimum Gasteiger partial charge on any atom is -0.303 e. The van der Waals surface area contributed by atoms with Crippen molar-refractivity contribution >= 4 is 11.8 Å². The fourth-order valence-corrected chi connectivity index (χ4v) is 3.32. The average Bonchev–Trinajstić information content (AvgIpc) is 2.35. The third-order valence-electron chi connectivity index (χ3n) is 3.31. The third-order valence-corrected chi connectivity index (χ3v) is 4.55. The van der Waals surface area contributed by atoms with Crippen molar-refractivity contribution in [2.24, 2.45) is 0 Å². The molecule has 1 aromatic carbocycles. The van der Waals surface area contributed by atoms with Crippen molar-refractivity contribution < 1.29 is 0 Å². The number of thioether (sulfide) groups is 1. The highest BCUT2D eigenvalue weighted by Gasteiger charge is 2.24. The van der Waals surface area contributed by atoms with Crippen molar-refractivity contribution in [1.82, 2.24) is 5.32 Å². The van der Waals surface area contributed by atoms with Gasteiger partial charge in [0.2, 0.25) is 0 Å². The maximum atomic E-state index is 9.17. The fraction of sp³-hybridized carbons (Fsp3) is 0.562. The highest BCUT2D eigenvalue weighted by molar-refractivity contribution is 7.99. The molecule has 2 unspecified atom stereocenters. The van der Waals surface area contributed by atoms with Crippen LogP contribution >= 0.6 is 11.8 Å². The first-order valence-electron chi connectivity index (χ1n) is 6.67. The maximum absolute atomic E-state index is 9.17. The topological polar surface area (TPSA) is 35.8 Å². The van der Waals surface area contributed by atoms with Gasteiger partial charge >= 0.3 is 0 Å². The lowest BCUT2D eigenvalue weighted by atomic mass is 9.98. The molecule has 1 N–H and O–H groups in total. The molecule has 0 aliphatic heterocycles. The Morgan fingerprint density at radius 1 is 1.32 bits per heavy atom. The molecule has 1 aromatic rings. The summed E-state index contributed by atoms with van der Waals surface area (Å²) in [4.78, 5) is 0. The lowest BCUT2D eigenvalue weighted by Gasteiger charge is -2.24. The van der Waals surface area contributed by atoms with E-state index in [2.05, 4.69) is 50.4 Å². The Morgan fingerprint density at radius 2 is 1.89 bits per heavy atom. The van der Waals surface area contributed by atoms with Crippen LogP contribution < -0.4 is 5.32 Å². The zero-order valence-corrected chi connectivity index (χ0v) is 13.4. The van der Waals surface area contributed by atoms with Crippen molar-refractivity contribution in [1.29, 1.82) is 5.26 Å². The molecule has 0 aromatic heterocycles. The lowest BCUT2D eigenvalue weighted by Crippen LogP contribution is -2.40. The molecule has 1 rings (SSSR count). The standard InChI is InChI=1S/C16H24N2S/c1-12-6-13(2)8-15(7-12)10-19-14(3)9-16(4,11-17)18-5/h6-8,14,18H,9-10H2,1-5H3. The first-order valence-corrected chi connectivity index (χ1v) is 7.72. The summed E-state index contributed by atoms with van der Waals surface area (Å²) in [5.41, 5.74) is 3.59. The van der Waals surface area contributed by atoms with Gasteiger partial charge in [-0.25, -0.2) is 0 Å². The van der Waals surface area contributed by atoms with Gasteiger partial charge in [0.1, 0.15) is 5.54 Å². The highest BCUT2D eigenvalue weighted by atomic mass is 32.2. The number of nitrogens with one attached hydrogen (secondary N) is 1. The Kier molecular flexibility index (Phi) is 5.90. The molecule has 0 aliphatic carbocycles. The summed E-state index contributed by atoms with van der Waals surface area (Å²) in [5.74, 6) is 1.01. The summed E-state index contributed by atoms with van der Waals surface area (Å²) < 4.78 is 0. The molecular weight excluding hydrogens is 252 g/mol. The van der Waals surface area contributed by atoms with E-state index < -0.39 is 5.54 Å². The van der Waals surface area contributed by atoms with Gasteiger partial charge in [-0.15, -0.1) is 0 Å². The fourth-order valence-electron chi connectivity index (χ4n) is 2.23. The molecule has 19 heavy (non-hydrogen) atoms. The van der Waals surface area contributed by atoms with Gasteiger partial charge in [0.05, 0.1) is 6.07 Å². The minimum atomic E-state index is -0.422. The van der Waals surface area contributed by atoms with Gasteiger partial charge in [-0.05, 0) is 39.8 Å². The van der Waals surface area contributed by atoms with Gasteiger partial charge in [0.25, 0.3) is 0 Å². The molecule has 0 spiro atoms. The summed E-state index contributed by atoms with van der Waals surface area (Å²) in [6, 6.07) is 9.04. The number of hydrogen-bond acceptors (Lipinski definition) is 3. The van der Waals surface area contributed by atoms with Gasteiger partial charge in [-0.3, -0.25) is 0 Å². The second kappa shape index (κ2) is 6.98. The monoisotopic (exact) mass is 276 g/mol. The van der Waals surface area contributed by atoms with Crippen LogP contribution in [-0.2, 0) is 5.75 Å². The zero-order chi connectivity index (χ0) is 14.5. The van der Waals surface area contributed by atoms with Crippen molar-refractivity contribution in [3.05, 3.63) is 34.9 Å². The minimum absolute atomic E-state index is 0.422. The summed E-state index contributed by atoms with van der Waals surface area (Å²) in [7, 11) is 1.85. The van der Waals surface area contributed by atoms with Crippen LogP contribution in [0, 0.1) is 25.2 Å². The van der Waals surface area contributed by atoms with Gasteiger partial charge < -0.3 is 5.32 Å². The van der Waals surface area contributed by atoms with E-state index in [9.17, 15) is 5.26 Å². The van der Waals surface area contributed by atoms with Crippen molar-refractivity contribution in [2.75, 3.05) is 7.05 Å². The maximum Gasteiger partial charge on any atom is 0.104 e. The van der Waals surface area contributed by atoms with Crippen LogP contribution in [0.4, 0.5) is 0 Å². The first-order chi connectivity index (χ1) is 8.88. The Hall–Kier alpha value is -0.980. The number of nitriles is 1. The van der Waals surface area contributed by atoms with Gasteiger partial charge in [-0.1, -0.05) is 36.2 Å². The summed E-state index contributed by atoms with van der Waals surface area (Å²) >= 11 is 1.91. The molecule has 0 saturated carbocycles. The SMILES string of the molecule is CNC(C)(C#N)CC(C)SCc1cc(C)cc(C)c1. The largest absolute Gasteiger partial charge is 0.303 e. The number of aryl methyl sites for hydroxylation is 2. The molecular formula is C16H24N2S. The van der Waals surface area contributed by atoms with Crippen molar-refractivity contribution in [3.8, 4) is 6.07 Å². The smallest absolute Gasteiger partial charge is 0.104 e. The molecule has 104 valence electrons. The van der Waals surface area contributed by atoms with E-state index in [4.69, 9.17) is 0 Å². The molecule has 0 bridgehead atoms. The Bertz CT molecular complexity index is 444. The second-order valence-corrected chi connectivity index (χ2v) is 6.94. The van der Waals surface area contributed by atoms with Crippen LogP contribution in [0.3, 0.4) is 0 Å². The van der Waals surface area contributed by atoms with Crippen molar-refractivity contribution in [2.45, 2.75) is 50.7 Å². The molecule has 3 heteroatoms. The number of rotatable bonds is 6. The average molecular weight is 276 g/mol. The molecule has 2 atom stereocenters. The Labute approximate surface area is 121 Å². The lowest BCUT2D eigenvalue weighted by molar-refractivity contribution is 0.455. The summed E-state index contributed by atoms with van der Waals surface area (Å²) in [6.45, 7) is 8.43. The quantitative estimate of drug-likeness (QED) is 0.858. The van der Waals surface area contributed by atoms with E-state index in [-0.39, 0.29) is 0 Å². The van der Waals surface area contributed by atoms with E-state index in [1.807, 2.05) is 25.7 Å². The van der Waals surface area contributed by atoms with Gasteiger partial charge in [-0.2, -0.15) is 17.0 Å². The van der Waals surface area contributed by atoms with E-state index in [1.165, 1.54) is 16.7 Å². The van der Waals surface area contributed by atoms with Crippen LogP contribution in [-0.4, -0.2) is 17.8 Å². The van der Waals surface area contributed by atoms with E-state index >= 15 is 0 Å². The van der Waals surface area contributed by atoms with E-state index in [0.29, 0.717) is 5.25 Å². The molecule has 2 nitrogen and oxygen atoms in total. The molecule has 0 heterocycles. The molecule has 0 amide bonds. The normalized spacial score (nSPS) is 15.6. The van der Waals surface area contributed by atoms with Crippen LogP contribution in [0.25, 0.3) is 0 Å². The van der Waals surface area contributed by atoms with Gasteiger partial charge in [0.15, 0.2) is 0 Å². The summed E-state index contributed by atoms with van der Waals surface area (Å²) in [6.07, 6.45) is 0.857. The first kappa shape index (κ1) is 16.1.